The Bertz CT molecular complexity index is 404. The van der Waals surface area contributed by atoms with Crippen molar-refractivity contribution in [3.05, 3.63) is 35.6 Å². The van der Waals surface area contributed by atoms with E-state index in [0.717, 1.165) is 18.5 Å². The van der Waals surface area contributed by atoms with Crippen molar-refractivity contribution in [3.8, 4) is 0 Å². The molecule has 0 amide bonds. The van der Waals surface area contributed by atoms with Crippen LogP contribution in [0.3, 0.4) is 0 Å². The molecule has 1 aromatic rings. The number of aliphatic carboxylic acids is 1. The van der Waals surface area contributed by atoms with E-state index < -0.39 is 12.0 Å². The number of rotatable bonds is 2. The molecule has 1 saturated heterocycles. The zero-order chi connectivity index (χ0) is 12.4. The van der Waals surface area contributed by atoms with Crippen molar-refractivity contribution in [1.29, 1.82) is 0 Å². The monoisotopic (exact) mass is 237 g/mol. The summed E-state index contributed by atoms with van der Waals surface area (Å²) < 4.78 is 12.8. The maximum Gasteiger partial charge on any atom is 0.320 e. The molecule has 1 fully saturated rings. The van der Waals surface area contributed by atoms with Gasteiger partial charge in [0.05, 0.1) is 0 Å². The van der Waals surface area contributed by atoms with Gasteiger partial charge in [0.1, 0.15) is 11.9 Å². The Morgan fingerprint density at radius 2 is 2.06 bits per heavy atom. The molecule has 0 spiro atoms. The SMILES string of the molecule is CN1CCC(c2ccc(F)cc2)CC1C(=O)O. The molecule has 1 aromatic carbocycles. The van der Waals surface area contributed by atoms with Crippen LogP contribution in [0.5, 0.6) is 0 Å². The maximum atomic E-state index is 12.8. The van der Waals surface area contributed by atoms with Crippen molar-refractivity contribution >= 4 is 5.97 Å². The van der Waals surface area contributed by atoms with Gasteiger partial charge in [-0.2, -0.15) is 0 Å². The summed E-state index contributed by atoms with van der Waals surface area (Å²) in [5, 5.41) is 9.12. The summed E-state index contributed by atoms with van der Waals surface area (Å²) >= 11 is 0. The predicted octanol–water partition coefficient (Wildman–Crippen LogP) is 2.09. The van der Waals surface area contributed by atoms with Crippen molar-refractivity contribution in [2.24, 2.45) is 0 Å². The molecule has 0 aromatic heterocycles. The fourth-order valence-corrected chi connectivity index (χ4v) is 2.41. The second-order valence-corrected chi connectivity index (χ2v) is 4.61. The standard InChI is InChI=1S/C13H16FNO2/c1-15-7-6-10(8-12(15)13(16)17)9-2-4-11(14)5-3-9/h2-5,10,12H,6-8H2,1H3,(H,16,17). The first-order valence-electron chi connectivity index (χ1n) is 5.76. The molecule has 0 radical (unpaired) electrons. The minimum Gasteiger partial charge on any atom is -0.480 e. The fraction of sp³-hybridized carbons (Fsp3) is 0.462. The molecule has 92 valence electrons. The molecule has 17 heavy (non-hydrogen) atoms. The molecule has 4 heteroatoms. The lowest BCUT2D eigenvalue weighted by Crippen LogP contribution is -2.44. The number of hydrogen-bond donors (Lipinski definition) is 1. The topological polar surface area (TPSA) is 40.5 Å². The Balaban J connectivity index is 2.13. The molecule has 2 unspecified atom stereocenters. The van der Waals surface area contributed by atoms with Gasteiger partial charge >= 0.3 is 5.97 Å². The molecule has 3 nitrogen and oxygen atoms in total. The van der Waals surface area contributed by atoms with Gasteiger partial charge in [0.2, 0.25) is 0 Å². The first-order valence-corrected chi connectivity index (χ1v) is 5.76. The van der Waals surface area contributed by atoms with Gasteiger partial charge in [-0.15, -0.1) is 0 Å². The van der Waals surface area contributed by atoms with Crippen molar-refractivity contribution in [3.63, 3.8) is 0 Å². The van der Waals surface area contributed by atoms with Gasteiger partial charge in [-0.3, -0.25) is 9.69 Å². The highest BCUT2D eigenvalue weighted by Gasteiger charge is 2.31. The number of carbonyl (C=O) groups is 1. The summed E-state index contributed by atoms with van der Waals surface area (Å²) in [6.45, 7) is 0.763. The van der Waals surface area contributed by atoms with Crippen LogP contribution >= 0.6 is 0 Å². The van der Waals surface area contributed by atoms with Gasteiger partial charge in [0.15, 0.2) is 0 Å². The van der Waals surface area contributed by atoms with E-state index >= 15 is 0 Å². The third-order valence-corrected chi connectivity index (χ3v) is 3.50. The summed E-state index contributed by atoms with van der Waals surface area (Å²) in [5.74, 6) is -0.816. The van der Waals surface area contributed by atoms with E-state index in [1.54, 1.807) is 12.1 Å². The number of carboxylic acids is 1. The van der Waals surface area contributed by atoms with Crippen LogP contribution in [0, 0.1) is 5.82 Å². The third-order valence-electron chi connectivity index (χ3n) is 3.50. The summed E-state index contributed by atoms with van der Waals surface area (Å²) in [7, 11) is 1.83. The number of halogens is 1. The normalized spacial score (nSPS) is 25.8. The largest absolute Gasteiger partial charge is 0.480 e. The minimum absolute atomic E-state index is 0.216. The molecular weight excluding hydrogens is 221 g/mol. The van der Waals surface area contributed by atoms with Crippen LogP contribution in [-0.4, -0.2) is 35.6 Å². The molecule has 2 rings (SSSR count). The molecule has 0 bridgehead atoms. The number of benzene rings is 1. The van der Waals surface area contributed by atoms with Crippen molar-refractivity contribution in [2.45, 2.75) is 24.8 Å². The number of nitrogens with zero attached hydrogens (tertiary/aromatic N) is 1. The van der Waals surface area contributed by atoms with Crippen molar-refractivity contribution in [2.75, 3.05) is 13.6 Å². The minimum atomic E-state index is -0.778. The predicted molar refractivity (Wildman–Crippen MR) is 62.4 cm³/mol. The van der Waals surface area contributed by atoms with E-state index in [0.29, 0.717) is 6.42 Å². The van der Waals surface area contributed by atoms with E-state index in [1.807, 2.05) is 11.9 Å². The Hall–Kier alpha value is -1.42. The fourth-order valence-electron chi connectivity index (χ4n) is 2.41. The average Bonchev–Trinajstić information content (AvgIpc) is 2.30. The Labute approximate surface area is 99.9 Å². The van der Waals surface area contributed by atoms with Gasteiger partial charge in [-0.25, -0.2) is 4.39 Å². The lowest BCUT2D eigenvalue weighted by Gasteiger charge is -2.34. The number of carboxylic acid groups (broad SMARTS) is 1. The lowest BCUT2D eigenvalue weighted by atomic mass is 9.85. The second kappa shape index (κ2) is 4.84. The zero-order valence-electron chi connectivity index (χ0n) is 9.77. The van der Waals surface area contributed by atoms with E-state index in [9.17, 15) is 9.18 Å². The highest BCUT2D eigenvalue weighted by molar-refractivity contribution is 5.73. The van der Waals surface area contributed by atoms with Gasteiger partial charge in [0.25, 0.3) is 0 Å². The summed E-state index contributed by atoms with van der Waals surface area (Å²) in [6.07, 6.45) is 1.52. The third kappa shape index (κ3) is 2.64. The molecule has 2 atom stereocenters. The van der Waals surface area contributed by atoms with Crippen LogP contribution in [-0.2, 0) is 4.79 Å². The number of piperidine rings is 1. The number of hydrogen-bond acceptors (Lipinski definition) is 2. The number of likely N-dealkylation sites (N-methyl/N-ethyl adjacent to an activating group) is 1. The van der Waals surface area contributed by atoms with E-state index in [-0.39, 0.29) is 11.7 Å². The van der Waals surface area contributed by atoms with Crippen molar-refractivity contribution < 1.29 is 14.3 Å². The van der Waals surface area contributed by atoms with Crippen LogP contribution in [0.4, 0.5) is 4.39 Å². The van der Waals surface area contributed by atoms with Crippen LogP contribution in [0.25, 0.3) is 0 Å². The van der Waals surface area contributed by atoms with Gasteiger partial charge in [0, 0.05) is 0 Å². The lowest BCUT2D eigenvalue weighted by molar-refractivity contribution is -0.144. The quantitative estimate of drug-likeness (QED) is 0.856. The molecule has 1 aliphatic heterocycles. The van der Waals surface area contributed by atoms with E-state index in [1.165, 1.54) is 12.1 Å². The van der Waals surface area contributed by atoms with E-state index in [4.69, 9.17) is 5.11 Å². The number of likely N-dealkylation sites (tertiary alicyclic amines) is 1. The summed E-state index contributed by atoms with van der Waals surface area (Å²) in [6, 6.07) is 5.94. The molecule has 0 saturated carbocycles. The Kier molecular flexibility index (Phi) is 3.43. The van der Waals surface area contributed by atoms with Crippen LogP contribution in [0.15, 0.2) is 24.3 Å². The summed E-state index contributed by atoms with van der Waals surface area (Å²) in [4.78, 5) is 13.0. The van der Waals surface area contributed by atoms with Gasteiger partial charge < -0.3 is 5.11 Å². The molecule has 1 N–H and O–H groups in total. The Morgan fingerprint density at radius 1 is 1.41 bits per heavy atom. The average molecular weight is 237 g/mol. The van der Waals surface area contributed by atoms with Crippen LogP contribution in [0.1, 0.15) is 24.3 Å². The summed E-state index contributed by atoms with van der Waals surface area (Å²) in [5.41, 5.74) is 1.03. The second-order valence-electron chi connectivity index (χ2n) is 4.61. The highest BCUT2D eigenvalue weighted by atomic mass is 19.1. The molecule has 0 aliphatic carbocycles. The molecular formula is C13H16FNO2. The molecule has 1 aliphatic rings. The van der Waals surface area contributed by atoms with Crippen LogP contribution < -0.4 is 0 Å². The highest BCUT2D eigenvalue weighted by Crippen LogP contribution is 2.31. The smallest absolute Gasteiger partial charge is 0.320 e. The van der Waals surface area contributed by atoms with E-state index in [2.05, 4.69) is 0 Å². The first-order chi connectivity index (χ1) is 8.08. The Morgan fingerprint density at radius 3 is 2.65 bits per heavy atom. The maximum absolute atomic E-state index is 12.8. The first kappa shape index (κ1) is 12.0. The van der Waals surface area contributed by atoms with Crippen LogP contribution in [0.2, 0.25) is 0 Å². The van der Waals surface area contributed by atoms with Gasteiger partial charge in [-0.05, 0) is 50.0 Å². The zero-order valence-corrected chi connectivity index (χ0v) is 9.77. The van der Waals surface area contributed by atoms with Gasteiger partial charge in [-0.1, -0.05) is 12.1 Å². The molecule has 1 heterocycles. The van der Waals surface area contributed by atoms with Crippen molar-refractivity contribution in [1.82, 2.24) is 4.90 Å².